The second-order valence-electron chi connectivity index (χ2n) is 8.83. The largest absolute Gasteiger partial charge is 0.496 e. The lowest BCUT2D eigenvalue weighted by molar-refractivity contribution is -0.292. The van der Waals surface area contributed by atoms with Gasteiger partial charge in [0.1, 0.15) is 12.2 Å². The summed E-state index contributed by atoms with van der Waals surface area (Å²) in [5.74, 6) is 0. The first-order chi connectivity index (χ1) is 15.1. The van der Waals surface area contributed by atoms with E-state index in [0.29, 0.717) is 6.61 Å². The maximum Gasteiger partial charge on any atom is 0.158 e. The molecule has 6 nitrogen and oxygen atoms in total. The third kappa shape index (κ3) is 6.30. The van der Waals surface area contributed by atoms with Crippen LogP contribution in [0.15, 0.2) is 42.7 Å². The predicted octanol–water partition coefficient (Wildman–Crippen LogP) is 4.71. The molecule has 2 fully saturated rings. The summed E-state index contributed by atoms with van der Waals surface area (Å²) < 4.78 is 36.3. The monoisotopic (exact) mass is 432 g/mol. The fourth-order valence-corrected chi connectivity index (χ4v) is 4.44. The maximum atomic E-state index is 6.29. The molecule has 1 aromatic rings. The van der Waals surface area contributed by atoms with Gasteiger partial charge < -0.3 is 28.4 Å². The number of rotatable bonds is 7. The Balaban J connectivity index is 1.18. The fourth-order valence-electron chi connectivity index (χ4n) is 4.44. The second kappa shape index (κ2) is 10.9. The molecule has 8 atom stereocenters. The topological polar surface area (TPSA) is 55.4 Å². The molecule has 0 radical (unpaired) electrons. The summed E-state index contributed by atoms with van der Waals surface area (Å²) >= 11 is 0. The maximum absolute atomic E-state index is 6.29. The second-order valence-corrected chi connectivity index (χ2v) is 8.83. The van der Waals surface area contributed by atoms with E-state index < -0.39 is 0 Å². The van der Waals surface area contributed by atoms with Crippen molar-refractivity contribution in [1.29, 1.82) is 0 Å². The average Bonchev–Trinajstić information content (AvgIpc) is 2.77. The van der Waals surface area contributed by atoms with Gasteiger partial charge in [0.05, 0.1) is 37.3 Å². The fraction of sp³-hybridized carbons (Fsp3) is 0.680. The molecule has 6 heteroatoms. The van der Waals surface area contributed by atoms with Crippen molar-refractivity contribution in [3.05, 3.63) is 48.2 Å². The molecule has 0 aromatic heterocycles. The zero-order valence-corrected chi connectivity index (χ0v) is 18.9. The minimum atomic E-state index is -0.211. The quantitative estimate of drug-likeness (QED) is 0.622. The molecule has 0 bridgehead atoms. The highest BCUT2D eigenvalue weighted by Gasteiger charge is 2.36. The molecule has 3 aliphatic heterocycles. The van der Waals surface area contributed by atoms with Gasteiger partial charge in [0.25, 0.3) is 0 Å². The van der Waals surface area contributed by atoms with Gasteiger partial charge >= 0.3 is 0 Å². The summed E-state index contributed by atoms with van der Waals surface area (Å²) in [5, 5.41) is 0. The molecule has 0 saturated carbocycles. The first kappa shape index (κ1) is 22.7. The van der Waals surface area contributed by atoms with Gasteiger partial charge in [-0.3, -0.25) is 0 Å². The Kier molecular flexibility index (Phi) is 8.02. The lowest BCUT2D eigenvalue weighted by Crippen LogP contribution is -2.46. The summed E-state index contributed by atoms with van der Waals surface area (Å²) in [7, 11) is 0. The number of ether oxygens (including phenoxy) is 6. The van der Waals surface area contributed by atoms with Crippen LogP contribution in [0.5, 0.6) is 0 Å². The number of hydrogen-bond donors (Lipinski definition) is 0. The van der Waals surface area contributed by atoms with E-state index in [4.69, 9.17) is 28.4 Å². The zero-order chi connectivity index (χ0) is 21.6. The zero-order valence-electron chi connectivity index (χ0n) is 18.9. The molecule has 3 aliphatic rings. The third-order valence-corrected chi connectivity index (χ3v) is 6.40. The van der Waals surface area contributed by atoms with E-state index in [0.717, 1.165) is 32.1 Å². The van der Waals surface area contributed by atoms with E-state index in [-0.39, 0.29) is 49.2 Å². The molecule has 2 saturated heterocycles. The van der Waals surface area contributed by atoms with Crippen LogP contribution in [-0.2, 0) is 35.0 Å². The highest BCUT2D eigenvalue weighted by atomic mass is 16.7. The van der Waals surface area contributed by atoms with E-state index in [1.807, 2.05) is 31.2 Å². The smallest absolute Gasteiger partial charge is 0.158 e. The summed E-state index contributed by atoms with van der Waals surface area (Å²) in [6, 6.07) is 10.3. The number of hydrogen-bond acceptors (Lipinski definition) is 6. The molecule has 4 rings (SSSR count). The highest BCUT2D eigenvalue weighted by molar-refractivity contribution is 5.13. The van der Waals surface area contributed by atoms with Gasteiger partial charge in [-0.05, 0) is 51.7 Å². The van der Waals surface area contributed by atoms with Gasteiger partial charge in [0, 0.05) is 12.8 Å². The lowest BCUT2D eigenvalue weighted by Gasteiger charge is -2.40. The van der Waals surface area contributed by atoms with E-state index in [2.05, 4.69) is 26.0 Å². The molecule has 0 N–H and O–H groups in total. The van der Waals surface area contributed by atoms with Gasteiger partial charge in [0.2, 0.25) is 0 Å². The summed E-state index contributed by atoms with van der Waals surface area (Å²) in [4.78, 5) is 0. The van der Waals surface area contributed by atoms with Crippen molar-refractivity contribution >= 4 is 0 Å². The van der Waals surface area contributed by atoms with Crippen molar-refractivity contribution in [2.45, 2.75) is 109 Å². The van der Waals surface area contributed by atoms with Crippen LogP contribution in [0.25, 0.3) is 0 Å². The Bertz CT molecular complexity index is 695. The molecule has 3 heterocycles. The Hall–Kier alpha value is -1.44. The van der Waals surface area contributed by atoms with Crippen LogP contribution in [0.1, 0.15) is 58.4 Å². The Morgan fingerprint density at radius 2 is 1.42 bits per heavy atom. The van der Waals surface area contributed by atoms with Gasteiger partial charge in [0.15, 0.2) is 12.6 Å². The van der Waals surface area contributed by atoms with Gasteiger partial charge in [-0.25, -0.2) is 0 Å². The van der Waals surface area contributed by atoms with E-state index >= 15 is 0 Å². The number of benzene rings is 1. The van der Waals surface area contributed by atoms with E-state index in [1.54, 1.807) is 6.26 Å². The van der Waals surface area contributed by atoms with Crippen LogP contribution >= 0.6 is 0 Å². The van der Waals surface area contributed by atoms with Crippen LogP contribution in [0.3, 0.4) is 0 Å². The van der Waals surface area contributed by atoms with Crippen molar-refractivity contribution in [3.63, 3.8) is 0 Å². The Morgan fingerprint density at radius 3 is 2.06 bits per heavy atom. The summed E-state index contributed by atoms with van der Waals surface area (Å²) in [5.41, 5.74) is 1.18. The minimum absolute atomic E-state index is 0.000738. The van der Waals surface area contributed by atoms with Crippen molar-refractivity contribution in [3.8, 4) is 0 Å². The summed E-state index contributed by atoms with van der Waals surface area (Å²) in [6.07, 6.45) is 7.80. The summed E-state index contributed by atoms with van der Waals surface area (Å²) in [6.45, 7) is 6.77. The van der Waals surface area contributed by atoms with Crippen LogP contribution in [0.4, 0.5) is 0 Å². The Morgan fingerprint density at radius 1 is 0.774 bits per heavy atom. The molecule has 1 aromatic carbocycles. The van der Waals surface area contributed by atoms with Gasteiger partial charge in [-0.2, -0.15) is 0 Å². The third-order valence-electron chi connectivity index (χ3n) is 6.40. The van der Waals surface area contributed by atoms with Crippen LogP contribution < -0.4 is 0 Å². The normalized spacial score (nSPS) is 38.5. The molecule has 0 aliphatic carbocycles. The van der Waals surface area contributed by atoms with Crippen LogP contribution in [0.2, 0.25) is 0 Å². The molecule has 0 spiro atoms. The first-order valence-corrected chi connectivity index (χ1v) is 11.7. The van der Waals surface area contributed by atoms with Crippen molar-refractivity contribution in [2.75, 3.05) is 0 Å². The van der Waals surface area contributed by atoms with Crippen LogP contribution in [0, 0.1) is 0 Å². The SMILES string of the molecule is C[C@@H]1OC=CC[C@@H]1O[C@H]1CC[C@H](O[C@H]2CC[C@@H](OCc3ccccc3)[C@H](C)O2)[C@H](C)O1. The molecular formula is C25H36O6. The van der Waals surface area contributed by atoms with Crippen molar-refractivity contribution in [2.24, 2.45) is 0 Å². The highest BCUT2D eigenvalue weighted by Crippen LogP contribution is 2.30. The molecule has 172 valence electrons. The lowest BCUT2D eigenvalue weighted by atomic mass is 10.0. The van der Waals surface area contributed by atoms with Crippen molar-refractivity contribution < 1.29 is 28.4 Å². The molecule has 31 heavy (non-hydrogen) atoms. The van der Waals surface area contributed by atoms with E-state index in [9.17, 15) is 0 Å². The standard InChI is InChI=1S/C25H36O6/c1-17-22(10-7-15-26-17)30-25-14-12-23(19(3)29-25)31-24-13-11-21(18(2)28-24)27-16-20-8-5-4-6-9-20/h4-9,15,17-19,21-25H,10-14,16H2,1-3H3/t17-,18-,19-,21+,22-,23-,24-,25-/m0/s1. The average molecular weight is 433 g/mol. The predicted molar refractivity (Wildman–Crippen MR) is 116 cm³/mol. The van der Waals surface area contributed by atoms with Crippen molar-refractivity contribution in [1.82, 2.24) is 0 Å². The molecular weight excluding hydrogens is 396 g/mol. The van der Waals surface area contributed by atoms with E-state index in [1.165, 1.54) is 5.56 Å². The minimum Gasteiger partial charge on any atom is -0.496 e. The van der Waals surface area contributed by atoms with Gasteiger partial charge in [-0.15, -0.1) is 0 Å². The Labute approximate surface area is 185 Å². The molecule has 0 amide bonds. The van der Waals surface area contributed by atoms with Gasteiger partial charge in [-0.1, -0.05) is 30.3 Å². The first-order valence-electron chi connectivity index (χ1n) is 11.7. The molecule has 0 unspecified atom stereocenters. The van der Waals surface area contributed by atoms with Crippen LogP contribution in [-0.4, -0.2) is 49.2 Å².